The molecule has 1 unspecified atom stereocenters. The molecule has 1 saturated heterocycles. The van der Waals surface area contributed by atoms with Crippen LogP contribution >= 0.6 is 0 Å². The molecule has 0 N–H and O–H groups in total. The van der Waals surface area contributed by atoms with E-state index in [9.17, 15) is 0 Å². The van der Waals surface area contributed by atoms with Gasteiger partial charge in [-0.3, -0.25) is 0 Å². The van der Waals surface area contributed by atoms with E-state index in [-0.39, 0.29) is 0 Å². The number of methoxy groups -OCH3 is 1. The molecule has 5 heteroatoms. The molecule has 0 bridgehead atoms. The van der Waals surface area contributed by atoms with Gasteiger partial charge in [0, 0.05) is 36.9 Å². The maximum absolute atomic E-state index is 6.17. The summed E-state index contributed by atoms with van der Waals surface area (Å²) in [5.74, 6) is 2.90. The SMILES string of the molecule is COc1cc2ncnc(N3CCCC(c4ccccc4)C3)c2cc1OCCc1ccccc1. The number of hydrogen-bond donors (Lipinski definition) is 0. The van der Waals surface area contributed by atoms with Crippen molar-refractivity contribution in [1.82, 2.24) is 9.97 Å². The van der Waals surface area contributed by atoms with E-state index in [0.717, 1.165) is 48.4 Å². The molecule has 0 aliphatic carbocycles. The average molecular weight is 440 g/mol. The van der Waals surface area contributed by atoms with Gasteiger partial charge in [-0.2, -0.15) is 0 Å². The number of rotatable bonds is 7. The van der Waals surface area contributed by atoms with E-state index in [4.69, 9.17) is 14.5 Å². The Kier molecular flexibility index (Phi) is 6.38. The average Bonchev–Trinajstić information content (AvgIpc) is 2.89. The van der Waals surface area contributed by atoms with Crippen LogP contribution in [0.25, 0.3) is 10.9 Å². The maximum atomic E-state index is 6.17. The summed E-state index contributed by atoms with van der Waals surface area (Å²) in [6, 6.07) is 25.2. The second-order valence-corrected chi connectivity index (χ2v) is 8.50. The van der Waals surface area contributed by atoms with E-state index in [1.165, 1.54) is 17.5 Å². The molecule has 33 heavy (non-hydrogen) atoms. The summed E-state index contributed by atoms with van der Waals surface area (Å²) in [6.07, 6.45) is 4.83. The minimum Gasteiger partial charge on any atom is -0.493 e. The molecule has 4 aromatic rings. The van der Waals surface area contributed by atoms with Crippen LogP contribution in [0.4, 0.5) is 5.82 Å². The monoisotopic (exact) mass is 439 g/mol. The Labute approximate surface area is 195 Å². The van der Waals surface area contributed by atoms with Crippen molar-refractivity contribution in [2.75, 3.05) is 31.7 Å². The van der Waals surface area contributed by atoms with Gasteiger partial charge in [-0.15, -0.1) is 0 Å². The van der Waals surface area contributed by atoms with Crippen LogP contribution in [0.2, 0.25) is 0 Å². The van der Waals surface area contributed by atoms with Crippen molar-refractivity contribution in [2.45, 2.75) is 25.2 Å². The minimum atomic E-state index is 0.504. The summed E-state index contributed by atoms with van der Waals surface area (Å²) in [6.45, 7) is 2.52. The molecule has 2 heterocycles. The fourth-order valence-electron chi connectivity index (χ4n) is 4.67. The van der Waals surface area contributed by atoms with Crippen molar-refractivity contribution in [3.63, 3.8) is 0 Å². The Balaban J connectivity index is 1.41. The molecule has 3 aromatic carbocycles. The van der Waals surface area contributed by atoms with Crippen LogP contribution in [-0.4, -0.2) is 36.8 Å². The van der Waals surface area contributed by atoms with Gasteiger partial charge in [-0.1, -0.05) is 60.7 Å². The summed E-state index contributed by atoms with van der Waals surface area (Å²) in [4.78, 5) is 11.6. The Bertz CT molecular complexity index is 1200. The van der Waals surface area contributed by atoms with Gasteiger partial charge in [-0.05, 0) is 30.0 Å². The third kappa shape index (κ3) is 4.77. The van der Waals surface area contributed by atoms with Crippen molar-refractivity contribution < 1.29 is 9.47 Å². The topological polar surface area (TPSA) is 47.5 Å². The normalized spacial score (nSPS) is 16.0. The van der Waals surface area contributed by atoms with Gasteiger partial charge >= 0.3 is 0 Å². The van der Waals surface area contributed by atoms with Crippen molar-refractivity contribution in [3.8, 4) is 11.5 Å². The Morgan fingerprint density at radius 1 is 0.939 bits per heavy atom. The second-order valence-electron chi connectivity index (χ2n) is 8.50. The van der Waals surface area contributed by atoms with Gasteiger partial charge < -0.3 is 14.4 Å². The fourth-order valence-corrected chi connectivity index (χ4v) is 4.67. The maximum Gasteiger partial charge on any atom is 0.162 e. The molecular weight excluding hydrogens is 410 g/mol. The number of ether oxygens (including phenoxy) is 2. The van der Waals surface area contributed by atoms with Crippen LogP contribution in [0, 0.1) is 0 Å². The van der Waals surface area contributed by atoms with Crippen LogP contribution in [0.5, 0.6) is 11.5 Å². The number of hydrogen-bond acceptors (Lipinski definition) is 5. The van der Waals surface area contributed by atoms with Gasteiger partial charge in [-0.25, -0.2) is 9.97 Å². The Morgan fingerprint density at radius 2 is 1.73 bits per heavy atom. The number of nitrogens with zero attached hydrogens (tertiary/aromatic N) is 3. The quantitative estimate of drug-likeness (QED) is 0.373. The zero-order chi connectivity index (χ0) is 22.5. The first-order chi connectivity index (χ1) is 16.3. The van der Waals surface area contributed by atoms with Crippen LogP contribution in [0.1, 0.15) is 29.9 Å². The third-order valence-electron chi connectivity index (χ3n) is 6.38. The van der Waals surface area contributed by atoms with Crippen LogP contribution in [0.3, 0.4) is 0 Å². The highest BCUT2D eigenvalue weighted by molar-refractivity contribution is 5.92. The first-order valence-corrected chi connectivity index (χ1v) is 11.6. The zero-order valence-electron chi connectivity index (χ0n) is 19.0. The number of anilines is 1. The van der Waals surface area contributed by atoms with Crippen molar-refractivity contribution in [1.29, 1.82) is 0 Å². The lowest BCUT2D eigenvalue weighted by atomic mass is 9.90. The van der Waals surface area contributed by atoms with Gasteiger partial charge in [0.2, 0.25) is 0 Å². The highest BCUT2D eigenvalue weighted by Gasteiger charge is 2.24. The van der Waals surface area contributed by atoms with E-state index < -0.39 is 0 Å². The minimum absolute atomic E-state index is 0.504. The molecule has 0 amide bonds. The molecule has 0 radical (unpaired) electrons. The predicted octanol–water partition coefficient (Wildman–Crippen LogP) is 5.64. The van der Waals surface area contributed by atoms with E-state index in [0.29, 0.717) is 18.3 Å². The molecule has 5 nitrogen and oxygen atoms in total. The number of piperidine rings is 1. The molecule has 1 aromatic heterocycles. The summed E-state index contributed by atoms with van der Waals surface area (Å²) in [7, 11) is 1.67. The van der Waals surface area contributed by atoms with Crippen molar-refractivity contribution >= 4 is 16.7 Å². The zero-order valence-corrected chi connectivity index (χ0v) is 19.0. The Hall–Kier alpha value is -3.60. The first-order valence-electron chi connectivity index (χ1n) is 11.6. The number of fused-ring (bicyclic) bond motifs is 1. The van der Waals surface area contributed by atoms with Crippen LogP contribution in [0.15, 0.2) is 79.1 Å². The molecule has 1 atom stereocenters. The molecule has 1 fully saturated rings. The highest BCUT2D eigenvalue weighted by atomic mass is 16.5. The molecule has 1 aliphatic heterocycles. The summed E-state index contributed by atoms with van der Waals surface area (Å²) < 4.78 is 11.8. The first kappa shape index (κ1) is 21.3. The van der Waals surface area contributed by atoms with Gasteiger partial charge in [0.15, 0.2) is 11.5 Å². The summed E-state index contributed by atoms with van der Waals surface area (Å²) in [5.41, 5.74) is 3.52. The Morgan fingerprint density at radius 3 is 2.52 bits per heavy atom. The fraction of sp³-hybridized carbons (Fsp3) is 0.286. The van der Waals surface area contributed by atoms with E-state index >= 15 is 0 Å². The van der Waals surface area contributed by atoms with Crippen LogP contribution in [-0.2, 0) is 6.42 Å². The molecular formula is C28H29N3O2. The molecule has 5 rings (SSSR count). The number of benzene rings is 3. The summed E-state index contributed by atoms with van der Waals surface area (Å²) >= 11 is 0. The molecule has 168 valence electrons. The highest BCUT2D eigenvalue weighted by Crippen LogP contribution is 2.37. The van der Waals surface area contributed by atoms with E-state index in [2.05, 4.69) is 64.5 Å². The van der Waals surface area contributed by atoms with Gasteiger partial charge in [0.05, 0.1) is 19.2 Å². The van der Waals surface area contributed by atoms with Gasteiger partial charge in [0.1, 0.15) is 12.1 Å². The standard InChI is InChI=1S/C28H29N3O2/c1-32-26-18-25-24(17-27(26)33-16-14-21-9-4-2-5-10-21)28(30-20-29-25)31-15-8-13-23(19-31)22-11-6-3-7-12-22/h2-7,9-12,17-18,20,23H,8,13-16,19H2,1H3. The van der Waals surface area contributed by atoms with Crippen molar-refractivity contribution in [3.05, 3.63) is 90.3 Å². The predicted molar refractivity (Wildman–Crippen MR) is 132 cm³/mol. The molecule has 1 aliphatic rings. The smallest absolute Gasteiger partial charge is 0.162 e. The molecule has 0 spiro atoms. The van der Waals surface area contributed by atoms with Crippen LogP contribution < -0.4 is 14.4 Å². The van der Waals surface area contributed by atoms with Gasteiger partial charge in [0.25, 0.3) is 0 Å². The lowest BCUT2D eigenvalue weighted by molar-refractivity contribution is 0.298. The molecule has 0 saturated carbocycles. The second kappa shape index (κ2) is 9.90. The van der Waals surface area contributed by atoms with E-state index in [1.54, 1.807) is 13.4 Å². The lowest BCUT2D eigenvalue weighted by Crippen LogP contribution is -2.35. The largest absolute Gasteiger partial charge is 0.493 e. The van der Waals surface area contributed by atoms with Crippen molar-refractivity contribution in [2.24, 2.45) is 0 Å². The summed E-state index contributed by atoms with van der Waals surface area (Å²) in [5, 5.41) is 1.00. The third-order valence-corrected chi connectivity index (χ3v) is 6.38. The lowest BCUT2D eigenvalue weighted by Gasteiger charge is -2.34. The number of aromatic nitrogens is 2. The van der Waals surface area contributed by atoms with E-state index in [1.807, 2.05) is 18.2 Å².